The van der Waals surface area contributed by atoms with E-state index in [1.165, 1.54) is 19.2 Å². The summed E-state index contributed by atoms with van der Waals surface area (Å²) in [5.74, 6) is 0.0844. The van der Waals surface area contributed by atoms with Gasteiger partial charge in [0.1, 0.15) is 4.21 Å². The Bertz CT molecular complexity index is 895. The number of sulfonamides is 1. The number of rotatable bonds is 7. The van der Waals surface area contributed by atoms with Crippen molar-refractivity contribution in [1.82, 2.24) is 4.31 Å². The molecular weight excluding hydrogens is 404 g/mol. The van der Waals surface area contributed by atoms with Crippen LogP contribution in [0.2, 0.25) is 4.34 Å². The zero-order chi connectivity index (χ0) is 20.4. The van der Waals surface area contributed by atoms with Gasteiger partial charge in [0.05, 0.1) is 10.9 Å². The molecule has 0 radical (unpaired) electrons. The third-order valence-electron chi connectivity index (χ3n) is 4.22. The van der Waals surface area contributed by atoms with Gasteiger partial charge in [-0.3, -0.25) is 4.79 Å². The molecule has 1 heterocycles. The molecule has 1 aromatic heterocycles. The molecule has 1 amide bonds. The summed E-state index contributed by atoms with van der Waals surface area (Å²) in [7, 11) is -2.36. The van der Waals surface area contributed by atoms with Gasteiger partial charge >= 0.3 is 0 Å². The number of likely N-dealkylation sites (N-methyl/N-ethyl adjacent to an activating group) is 1. The Balaban J connectivity index is 2.23. The number of anilines is 1. The highest BCUT2D eigenvalue weighted by Gasteiger charge is 2.25. The molecule has 0 aliphatic heterocycles. The minimum atomic E-state index is -3.75. The predicted molar refractivity (Wildman–Crippen MR) is 112 cm³/mol. The molecule has 0 aliphatic carbocycles. The number of hydrogen-bond donors (Lipinski definition) is 1. The predicted octanol–water partition coefficient (Wildman–Crippen LogP) is 4.91. The second-order valence-electron chi connectivity index (χ2n) is 6.99. The molecule has 2 rings (SSSR count). The Labute approximate surface area is 170 Å². The molecule has 0 atom stereocenters. The number of carbonyl (C=O) groups excluding carboxylic acids is 1. The first-order valence-electron chi connectivity index (χ1n) is 8.68. The minimum Gasteiger partial charge on any atom is -0.324 e. The van der Waals surface area contributed by atoms with E-state index in [2.05, 4.69) is 33.0 Å². The molecule has 1 N–H and O–H groups in total. The van der Waals surface area contributed by atoms with Crippen molar-refractivity contribution >= 4 is 44.6 Å². The number of halogens is 1. The molecule has 0 unspecified atom stereocenters. The first kappa shape index (κ1) is 21.9. The molecule has 0 saturated heterocycles. The quantitative estimate of drug-likeness (QED) is 0.681. The van der Waals surface area contributed by atoms with Gasteiger partial charge in [0.25, 0.3) is 10.0 Å². The number of para-hydroxylation sites is 1. The van der Waals surface area contributed by atoms with Crippen LogP contribution in [0.3, 0.4) is 0 Å². The van der Waals surface area contributed by atoms with Crippen molar-refractivity contribution in [2.45, 2.75) is 43.7 Å². The Hall–Kier alpha value is -1.41. The van der Waals surface area contributed by atoms with Crippen molar-refractivity contribution in [3.05, 3.63) is 45.8 Å². The average Bonchev–Trinajstić information content (AvgIpc) is 3.01. The largest absolute Gasteiger partial charge is 0.324 e. The van der Waals surface area contributed by atoms with Crippen LogP contribution in [0, 0.1) is 0 Å². The van der Waals surface area contributed by atoms with Crippen LogP contribution in [0.15, 0.2) is 34.5 Å². The van der Waals surface area contributed by atoms with Crippen LogP contribution in [0.1, 0.15) is 50.7 Å². The molecule has 0 aliphatic rings. The van der Waals surface area contributed by atoms with Gasteiger partial charge in [-0.05, 0) is 35.1 Å². The van der Waals surface area contributed by atoms with Crippen LogP contribution in [-0.4, -0.2) is 32.2 Å². The van der Waals surface area contributed by atoms with Gasteiger partial charge in [0.2, 0.25) is 5.91 Å². The summed E-state index contributed by atoms with van der Waals surface area (Å²) in [6.45, 7) is 7.97. The van der Waals surface area contributed by atoms with Crippen molar-refractivity contribution in [2.24, 2.45) is 0 Å². The molecular formula is C19H25ClN2O3S2. The van der Waals surface area contributed by atoms with Crippen LogP contribution in [-0.2, 0) is 14.8 Å². The average molecular weight is 429 g/mol. The van der Waals surface area contributed by atoms with E-state index in [0.717, 1.165) is 32.5 Å². The Morgan fingerprint density at radius 2 is 1.67 bits per heavy atom. The number of nitrogens with zero attached hydrogens (tertiary/aromatic N) is 1. The van der Waals surface area contributed by atoms with E-state index in [0.29, 0.717) is 4.34 Å². The number of benzene rings is 1. The molecule has 0 spiro atoms. The zero-order valence-corrected chi connectivity index (χ0v) is 18.5. The lowest BCUT2D eigenvalue weighted by Crippen LogP contribution is -2.35. The van der Waals surface area contributed by atoms with Crippen molar-refractivity contribution in [1.29, 1.82) is 0 Å². The smallest absolute Gasteiger partial charge is 0.252 e. The monoisotopic (exact) mass is 428 g/mol. The summed E-state index contributed by atoms with van der Waals surface area (Å²) in [6.07, 6.45) is 0. The maximum Gasteiger partial charge on any atom is 0.252 e. The van der Waals surface area contributed by atoms with Crippen LogP contribution >= 0.6 is 22.9 Å². The van der Waals surface area contributed by atoms with Gasteiger partial charge in [0.15, 0.2) is 0 Å². The Morgan fingerprint density at radius 3 is 2.11 bits per heavy atom. The highest BCUT2D eigenvalue weighted by atomic mass is 35.5. The van der Waals surface area contributed by atoms with Crippen molar-refractivity contribution in [2.75, 3.05) is 18.9 Å². The number of carbonyl (C=O) groups is 1. The third-order valence-corrected chi connectivity index (χ3v) is 7.72. The van der Waals surface area contributed by atoms with Gasteiger partial charge < -0.3 is 5.32 Å². The fourth-order valence-corrected chi connectivity index (χ4v) is 5.57. The van der Waals surface area contributed by atoms with Gasteiger partial charge in [0, 0.05) is 12.7 Å². The normalized spacial score (nSPS) is 12.2. The van der Waals surface area contributed by atoms with Gasteiger partial charge in [-0.25, -0.2) is 8.42 Å². The summed E-state index contributed by atoms with van der Waals surface area (Å²) in [5, 5.41) is 2.93. The highest BCUT2D eigenvalue weighted by Crippen LogP contribution is 2.32. The zero-order valence-electron chi connectivity index (χ0n) is 16.1. The van der Waals surface area contributed by atoms with E-state index in [4.69, 9.17) is 11.6 Å². The highest BCUT2D eigenvalue weighted by molar-refractivity contribution is 7.91. The summed E-state index contributed by atoms with van der Waals surface area (Å²) in [5.41, 5.74) is 2.84. The minimum absolute atomic E-state index is 0.119. The van der Waals surface area contributed by atoms with Crippen LogP contribution in [0.5, 0.6) is 0 Å². The first-order chi connectivity index (χ1) is 12.5. The number of amides is 1. The molecule has 0 bridgehead atoms. The van der Waals surface area contributed by atoms with Crippen LogP contribution < -0.4 is 5.32 Å². The Kier molecular flexibility index (Phi) is 7.08. The number of thiophene rings is 1. The Morgan fingerprint density at radius 1 is 1.11 bits per heavy atom. The molecule has 1 aromatic carbocycles. The second kappa shape index (κ2) is 8.73. The lowest BCUT2D eigenvalue weighted by molar-refractivity contribution is -0.116. The second-order valence-corrected chi connectivity index (χ2v) is 11.0. The van der Waals surface area contributed by atoms with E-state index >= 15 is 0 Å². The summed E-state index contributed by atoms with van der Waals surface area (Å²) in [4.78, 5) is 12.6. The van der Waals surface area contributed by atoms with Crippen molar-refractivity contribution < 1.29 is 13.2 Å². The third kappa shape index (κ3) is 5.10. The summed E-state index contributed by atoms with van der Waals surface area (Å²) >= 11 is 6.81. The lowest BCUT2D eigenvalue weighted by Gasteiger charge is -2.21. The first-order valence-corrected chi connectivity index (χ1v) is 11.3. The number of nitrogens with one attached hydrogen (secondary N) is 1. The standard InChI is InChI=1S/C19H25ClN2O3S2/c1-12(2)14-7-6-8-15(13(3)4)19(14)21-17(23)11-22(5)27(24,25)18-10-9-16(20)26-18/h6-10,12-13H,11H2,1-5H3,(H,21,23). The van der Waals surface area contributed by atoms with Gasteiger partial charge in [-0.2, -0.15) is 4.31 Å². The molecule has 5 nitrogen and oxygen atoms in total. The van der Waals surface area contributed by atoms with Crippen molar-refractivity contribution in [3.63, 3.8) is 0 Å². The van der Waals surface area contributed by atoms with E-state index in [-0.39, 0.29) is 28.5 Å². The fourth-order valence-electron chi connectivity index (χ4n) is 2.75. The summed E-state index contributed by atoms with van der Waals surface area (Å²) in [6, 6.07) is 8.93. The van der Waals surface area contributed by atoms with E-state index < -0.39 is 10.0 Å². The van der Waals surface area contributed by atoms with Gasteiger partial charge in [-0.1, -0.05) is 57.5 Å². The number of hydrogen-bond acceptors (Lipinski definition) is 4. The van der Waals surface area contributed by atoms with E-state index in [1.807, 2.05) is 18.2 Å². The molecule has 8 heteroatoms. The molecule has 0 saturated carbocycles. The van der Waals surface area contributed by atoms with E-state index in [9.17, 15) is 13.2 Å². The molecule has 0 fully saturated rings. The molecule has 2 aromatic rings. The summed E-state index contributed by atoms with van der Waals surface area (Å²) < 4.78 is 26.7. The topological polar surface area (TPSA) is 66.5 Å². The molecule has 27 heavy (non-hydrogen) atoms. The van der Waals surface area contributed by atoms with Crippen LogP contribution in [0.4, 0.5) is 5.69 Å². The van der Waals surface area contributed by atoms with E-state index in [1.54, 1.807) is 0 Å². The van der Waals surface area contributed by atoms with Crippen LogP contribution in [0.25, 0.3) is 0 Å². The lowest BCUT2D eigenvalue weighted by atomic mass is 9.92. The van der Waals surface area contributed by atoms with Crippen molar-refractivity contribution in [3.8, 4) is 0 Å². The molecule has 148 valence electrons. The fraction of sp³-hybridized carbons (Fsp3) is 0.421. The van der Waals surface area contributed by atoms with Gasteiger partial charge in [-0.15, -0.1) is 11.3 Å². The SMILES string of the molecule is CC(C)c1cccc(C(C)C)c1NC(=O)CN(C)S(=O)(=O)c1ccc(Cl)s1. The maximum atomic E-state index is 12.6. The maximum absolute atomic E-state index is 12.6.